The van der Waals surface area contributed by atoms with Gasteiger partial charge in [-0.25, -0.2) is 4.98 Å². The average Bonchev–Trinajstić information content (AvgIpc) is 2.83. The first-order valence-electron chi connectivity index (χ1n) is 10.5. The van der Waals surface area contributed by atoms with E-state index in [0.29, 0.717) is 22.9 Å². The smallest absolute Gasteiger partial charge is 0.234 e. The molecule has 3 aromatic rings. The molecular formula is C25H23BrN4O2S. The fraction of sp³-hybridized carbons (Fsp3) is 0.240. The van der Waals surface area contributed by atoms with E-state index in [1.54, 1.807) is 7.11 Å². The Morgan fingerprint density at radius 1 is 1.27 bits per heavy atom. The Morgan fingerprint density at radius 2 is 2.03 bits per heavy atom. The number of thioether (sulfide) groups is 1. The van der Waals surface area contributed by atoms with Gasteiger partial charge in [0, 0.05) is 46.5 Å². The molecule has 1 aromatic heterocycles. The number of pyridine rings is 1. The van der Waals surface area contributed by atoms with Gasteiger partial charge in [0.25, 0.3) is 0 Å². The third-order valence-electron chi connectivity index (χ3n) is 5.46. The largest absolute Gasteiger partial charge is 0.496 e. The molecule has 0 atom stereocenters. The Balaban J connectivity index is 1.69. The van der Waals surface area contributed by atoms with Crippen molar-refractivity contribution in [1.29, 1.82) is 5.26 Å². The molecule has 0 fully saturated rings. The first-order valence-corrected chi connectivity index (χ1v) is 12.2. The standard InChI is InChI=1S/C25H23BrN4O2S/c1-30-12-11-21-20(14-30)24(18-5-3-4-6-22(18)32-2)19(13-27)25(29-21)33-15-23(31)28-17-9-7-16(26)8-10-17/h3-10H,11-12,14-15H2,1-2H3,(H,28,31). The van der Waals surface area contributed by atoms with Gasteiger partial charge in [-0.2, -0.15) is 5.26 Å². The van der Waals surface area contributed by atoms with Crippen LogP contribution < -0.4 is 10.1 Å². The number of hydrogen-bond donors (Lipinski definition) is 1. The Bertz CT molecular complexity index is 1220. The molecule has 1 N–H and O–H groups in total. The van der Waals surface area contributed by atoms with Crippen LogP contribution in [0.4, 0.5) is 5.69 Å². The molecule has 0 saturated carbocycles. The first-order chi connectivity index (χ1) is 16.0. The van der Waals surface area contributed by atoms with Crippen LogP contribution in [0.1, 0.15) is 16.8 Å². The number of halogens is 1. The molecule has 1 aliphatic rings. The molecule has 0 bridgehead atoms. The summed E-state index contributed by atoms with van der Waals surface area (Å²) in [6.45, 7) is 1.60. The van der Waals surface area contributed by atoms with Gasteiger partial charge in [0.1, 0.15) is 16.8 Å². The number of amides is 1. The maximum Gasteiger partial charge on any atom is 0.234 e. The molecule has 0 spiro atoms. The van der Waals surface area contributed by atoms with Crippen LogP contribution in [0.3, 0.4) is 0 Å². The zero-order chi connectivity index (χ0) is 23.4. The lowest BCUT2D eigenvalue weighted by Crippen LogP contribution is -2.28. The molecule has 2 aromatic carbocycles. The van der Waals surface area contributed by atoms with Gasteiger partial charge in [-0.05, 0) is 42.9 Å². The molecular weight excluding hydrogens is 500 g/mol. The zero-order valence-corrected chi connectivity index (χ0v) is 20.8. The van der Waals surface area contributed by atoms with Gasteiger partial charge in [0.2, 0.25) is 5.91 Å². The van der Waals surface area contributed by atoms with Gasteiger partial charge in [-0.1, -0.05) is 45.9 Å². The van der Waals surface area contributed by atoms with Gasteiger partial charge in [0.05, 0.1) is 18.4 Å². The Labute approximate surface area is 206 Å². The van der Waals surface area contributed by atoms with E-state index in [4.69, 9.17) is 9.72 Å². The SMILES string of the molecule is COc1ccccc1-c1c(C#N)c(SCC(=O)Nc2ccc(Br)cc2)nc2c1CN(C)CC2. The number of nitriles is 1. The average molecular weight is 523 g/mol. The van der Waals surface area contributed by atoms with E-state index in [9.17, 15) is 10.1 Å². The van der Waals surface area contributed by atoms with E-state index in [-0.39, 0.29) is 11.7 Å². The number of rotatable bonds is 6. The molecule has 2 heterocycles. The molecule has 0 aliphatic carbocycles. The van der Waals surface area contributed by atoms with Crippen molar-refractivity contribution in [2.24, 2.45) is 0 Å². The summed E-state index contributed by atoms with van der Waals surface area (Å²) in [6.07, 6.45) is 0.790. The van der Waals surface area contributed by atoms with Crippen molar-refractivity contribution in [2.75, 3.05) is 31.8 Å². The number of para-hydroxylation sites is 1. The van der Waals surface area contributed by atoms with Crippen molar-refractivity contribution >= 4 is 39.3 Å². The summed E-state index contributed by atoms with van der Waals surface area (Å²) in [4.78, 5) is 19.6. The predicted molar refractivity (Wildman–Crippen MR) is 134 cm³/mol. The molecule has 33 heavy (non-hydrogen) atoms. The minimum Gasteiger partial charge on any atom is -0.496 e. The van der Waals surface area contributed by atoms with Crippen LogP contribution in [-0.2, 0) is 17.8 Å². The van der Waals surface area contributed by atoms with Gasteiger partial charge in [-0.3, -0.25) is 4.79 Å². The predicted octanol–water partition coefficient (Wildman–Crippen LogP) is 5.11. The van der Waals surface area contributed by atoms with Crippen LogP contribution in [0.25, 0.3) is 11.1 Å². The number of hydrogen-bond acceptors (Lipinski definition) is 6. The third kappa shape index (κ3) is 5.22. The molecule has 6 nitrogen and oxygen atoms in total. The van der Waals surface area contributed by atoms with E-state index in [2.05, 4.69) is 39.3 Å². The second kappa shape index (κ2) is 10.4. The third-order valence-corrected chi connectivity index (χ3v) is 6.97. The van der Waals surface area contributed by atoms with E-state index >= 15 is 0 Å². The topological polar surface area (TPSA) is 78.2 Å². The van der Waals surface area contributed by atoms with Gasteiger partial charge >= 0.3 is 0 Å². The normalized spacial score (nSPS) is 13.2. The van der Waals surface area contributed by atoms with Crippen LogP contribution in [-0.4, -0.2) is 42.2 Å². The molecule has 0 unspecified atom stereocenters. The van der Waals surface area contributed by atoms with Crippen molar-refractivity contribution in [3.05, 3.63) is 69.8 Å². The number of carbonyl (C=O) groups is 1. The van der Waals surface area contributed by atoms with Crippen LogP contribution in [0.5, 0.6) is 5.75 Å². The number of nitrogens with one attached hydrogen (secondary N) is 1. The number of aromatic nitrogens is 1. The highest BCUT2D eigenvalue weighted by Gasteiger charge is 2.26. The number of anilines is 1. The van der Waals surface area contributed by atoms with Crippen molar-refractivity contribution in [3.8, 4) is 22.9 Å². The zero-order valence-electron chi connectivity index (χ0n) is 18.4. The minimum absolute atomic E-state index is 0.149. The summed E-state index contributed by atoms with van der Waals surface area (Å²) < 4.78 is 6.56. The number of benzene rings is 2. The van der Waals surface area contributed by atoms with E-state index in [0.717, 1.165) is 45.5 Å². The van der Waals surface area contributed by atoms with Crippen molar-refractivity contribution in [3.63, 3.8) is 0 Å². The lowest BCUT2D eigenvalue weighted by molar-refractivity contribution is -0.113. The highest BCUT2D eigenvalue weighted by molar-refractivity contribution is 9.10. The summed E-state index contributed by atoms with van der Waals surface area (Å²) in [7, 11) is 3.70. The number of likely N-dealkylation sites (N-methyl/N-ethyl adjacent to an activating group) is 1. The number of fused-ring (bicyclic) bond motifs is 1. The number of nitrogens with zero attached hydrogens (tertiary/aromatic N) is 3. The number of ether oxygens (including phenoxy) is 1. The molecule has 168 valence electrons. The van der Waals surface area contributed by atoms with E-state index in [1.165, 1.54) is 11.8 Å². The summed E-state index contributed by atoms with van der Waals surface area (Å²) in [5, 5.41) is 13.6. The Morgan fingerprint density at radius 3 is 2.76 bits per heavy atom. The lowest BCUT2D eigenvalue weighted by Gasteiger charge is -2.28. The molecule has 0 radical (unpaired) electrons. The van der Waals surface area contributed by atoms with Crippen LogP contribution in [0.2, 0.25) is 0 Å². The summed E-state index contributed by atoms with van der Waals surface area (Å²) >= 11 is 4.68. The second-order valence-corrected chi connectivity index (χ2v) is 9.62. The lowest BCUT2D eigenvalue weighted by atomic mass is 9.91. The van der Waals surface area contributed by atoms with Gasteiger partial charge in [0.15, 0.2) is 0 Å². The highest BCUT2D eigenvalue weighted by Crippen LogP contribution is 2.40. The number of carbonyl (C=O) groups excluding carboxylic acids is 1. The fourth-order valence-electron chi connectivity index (χ4n) is 3.89. The quantitative estimate of drug-likeness (QED) is 0.453. The molecule has 8 heteroatoms. The molecule has 1 aliphatic heterocycles. The molecule has 1 amide bonds. The van der Waals surface area contributed by atoms with Crippen molar-refractivity contribution in [2.45, 2.75) is 18.0 Å². The van der Waals surface area contributed by atoms with E-state index < -0.39 is 0 Å². The Kier molecular flexibility index (Phi) is 7.33. The van der Waals surface area contributed by atoms with Crippen LogP contribution in [0.15, 0.2) is 58.0 Å². The summed E-state index contributed by atoms with van der Waals surface area (Å²) in [5.41, 5.74) is 4.95. The highest BCUT2D eigenvalue weighted by atomic mass is 79.9. The maximum atomic E-state index is 12.6. The maximum absolute atomic E-state index is 12.6. The summed E-state index contributed by atoms with van der Waals surface area (Å²) in [6, 6.07) is 17.5. The van der Waals surface area contributed by atoms with Crippen molar-refractivity contribution in [1.82, 2.24) is 9.88 Å². The second-order valence-electron chi connectivity index (χ2n) is 7.74. The van der Waals surface area contributed by atoms with Crippen LogP contribution >= 0.6 is 27.7 Å². The van der Waals surface area contributed by atoms with Crippen molar-refractivity contribution < 1.29 is 9.53 Å². The van der Waals surface area contributed by atoms with Crippen LogP contribution in [0, 0.1) is 11.3 Å². The monoisotopic (exact) mass is 522 g/mol. The van der Waals surface area contributed by atoms with E-state index in [1.807, 2.05) is 48.5 Å². The number of methoxy groups -OCH3 is 1. The van der Waals surface area contributed by atoms with Gasteiger partial charge < -0.3 is 15.0 Å². The minimum atomic E-state index is -0.149. The molecule has 4 rings (SSSR count). The Hall–Kier alpha value is -2.86. The molecule has 0 saturated heterocycles. The first kappa shape index (κ1) is 23.3. The fourth-order valence-corrected chi connectivity index (χ4v) is 4.96. The van der Waals surface area contributed by atoms with Gasteiger partial charge in [-0.15, -0.1) is 0 Å². The summed E-state index contributed by atoms with van der Waals surface area (Å²) in [5.74, 6) is 0.714.